The van der Waals surface area contributed by atoms with Gasteiger partial charge in [-0.2, -0.15) is 0 Å². The molecule has 0 saturated carbocycles. The average molecular weight is 440 g/mol. The van der Waals surface area contributed by atoms with Gasteiger partial charge in [0.15, 0.2) is 5.65 Å². The maximum Gasteiger partial charge on any atom is 0.407 e. The molecule has 10 heteroatoms. The number of allylic oxidation sites excluding steroid dienone is 3. The summed E-state index contributed by atoms with van der Waals surface area (Å²) in [6.45, 7) is 8.48. The van der Waals surface area contributed by atoms with Crippen LogP contribution in [0.2, 0.25) is 0 Å². The van der Waals surface area contributed by atoms with E-state index in [-0.39, 0.29) is 12.1 Å². The van der Waals surface area contributed by atoms with Crippen molar-refractivity contribution in [3.8, 4) is 0 Å². The first-order chi connectivity index (χ1) is 15.3. The molecule has 0 bridgehead atoms. The quantitative estimate of drug-likeness (QED) is 0.775. The summed E-state index contributed by atoms with van der Waals surface area (Å²) in [7, 11) is 0. The van der Waals surface area contributed by atoms with Crippen LogP contribution in [-0.4, -0.2) is 62.4 Å². The van der Waals surface area contributed by atoms with Gasteiger partial charge < -0.3 is 19.7 Å². The van der Waals surface area contributed by atoms with E-state index in [1.807, 2.05) is 25.5 Å². The first-order valence-electron chi connectivity index (χ1n) is 11.2. The molecular formula is C22H29N7O3. The Hall–Kier alpha value is -3.17. The van der Waals surface area contributed by atoms with Gasteiger partial charge >= 0.3 is 6.09 Å². The first-order valence-corrected chi connectivity index (χ1v) is 11.2. The molecule has 3 aliphatic rings. The number of anilines is 1. The Labute approximate surface area is 186 Å². The molecule has 2 fully saturated rings. The fourth-order valence-electron chi connectivity index (χ4n) is 4.38. The van der Waals surface area contributed by atoms with E-state index >= 15 is 0 Å². The summed E-state index contributed by atoms with van der Waals surface area (Å²) >= 11 is 0. The molecule has 2 aromatic heterocycles. The molecule has 2 aromatic rings. The highest BCUT2D eigenvalue weighted by atomic mass is 16.6. The van der Waals surface area contributed by atoms with Crippen LogP contribution >= 0.6 is 0 Å². The summed E-state index contributed by atoms with van der Waals surface area (Å²) in [6.07, 6.45) is 8.51. The predicted octanol–water partition coefficient (Wildman–Crippen LogP) is 2.58. The van der Waals surface area contributed by atoms with E-state index in [1.165, 1.54) is 5.57 Å². The van der Waals surface area contributed by atoms with Crippen molar-refractivity contribution in [1.29, 1.82) is 0 Å². The molecule has 0 aromatic carbocycles. The molecule has 10 nitrogen and oxygen atoms in total. The lowest BCUT2D eigenvalue weighted by atomic mass is 9.94. The van der Waals surface area contributed by atoms with E-state index in [0.29, 0.717) is 30.3 Å². The standard InChI is InChI=1S/C22H29N7O3/c1-22(2,3)32-21(30)24-16-6-8-28(13-16)18-11-23-19-20(25-18)29(27-26-19)12-14-4-5-17-15(10-14)7-9-31-17/h5,10-11,14,16H,4,6-9,12-13H2,1-3H3,(H,24,30)/t14?,16-/m1/s1. The van der Waals surface area contributed by atoms with Gasteiger partial charge in [-0.05, 0) is 45.3 Å². The number of hydrogen-bond donors (Lipinski definition) is 1. The van der Waals surface area contributed by atoms with Crippen LogP contribution in [0.4, 0.5) is 10.6 Å². The van der Waals surface area contributed by atoms with Crippen molar-refractivity contribution in [2.75, 3.05) is 24.6 Å². The molecule has 1 N–H and O–H groups in total. The van der Waals surface area contributed by atoms with Gasteiger partial charge in [-0.1, -0.05) is 11.3 Å². The molecule has 32 heavy (non-hydrogen) atoms. The number of rotatable bonds is 4. The van der Waals surface area contributed by atoms with Crippen LogP contribution in [0.1, 0.15) is 40.0 Å². The maximum atomic E-state index is 12.1. The third kappa shape index (κ3) is 4.39. The molecule has 2 aliphatic heterocycles. The Morgan fingerprint density at radius 1 is 1.38 bits per heavy atom. The largest absolute Gasteiger partial charge is 0.493 e. The molecular weight excluding hydrogens is 410 g/mol. The van der Waals surface area contributed by atoms with Gasteiger partial charge in [0, 0.05) is 25.4 Å². The maximum absolute atomic E-state index is 12.1. The van der Waals surface area contributed by atoms with Gasteiger partial charge in [0.1, 0.15) is 17.2 Å². The summed E-state index contributed by atoms with van der Waals surface area (Å²) in [5.74, 6) is 2.14. The fourth-order valence-corrected chi connectivity index (χ4v) is 4.38. The van der Waals surface area contributed by atoms with Crippen LogP contribution in [-0.2, 0) is 16.0 Å². The molecule has 0 spiro atoms. The monoisotopic (exact) mass is 439 g/mol. The number of carbonyl (C=O) groups excluding carboxylic acids is 1. The molecule has 2 atom stereocenters. The second kappa shape index (κ2) is 8.07. The highest BCUT2D eigenvalue weighted by Crippen LogP contribution is 2.32. The van der Waals surface area contributed by atoms with E-state index in [0.717, 1.165) is 44.0 Å². The topological polar surface area (TPSA) is 107 Å². The van der Waals surface area contributed by atoms with E-state index < -0.39 is 5.60 Å². The summed E-state index contributed by atoms with van der Waals surface area (Å²) in [4.78, 5) is 23.5. The van der Waals surface area contributed by atoms with Crippen LogP contribution in [0.25, 0.3) is 11.3 Å². The summed E-state index contributed by atoms with van der Waals surface area (Å²) < 4.78 is 12.8. The van der Waals surface area contributed by atoms with E-state index in [9.17, 15) is 4.79 Å². The van der Waals surface area contributed by atoms with Gasteiger partial charge in [-0.25, -0.2) is 19.4 Å². The number of aromatic nitrogens is 5. The molecule has 4 heterocycles. The Morgan fingerprint density at radius 3 is 3.09 bits per heavy atom. The van der Waals surface area contributed by atoms with Crippen LogP contribution in [0.5, 0.6) is 0 Å². The lowest BCUT2D eigenvalue weighted by Crippen LogP contribution is -2.40. The van der Waals surface area contributed by atoms with Gasteiger partial charge in [0.25, 0.3) is 0 Å². The zero-order valence-corrected chi connectivity index (χ0v) is 18.7. The number of carbonyl (C=O) groups is 1. The molecule has 1 aliphatic carbocycles. The highest BCUT2D eigenvalue weighted by molar-refractivity contribution is 5.69. The summed E-state index contributed by atoms with van der Waals surface area (Å²) in [6, 6.07) is 0.00820. The van der Waals surface area contributed by atoms with Crippen LogP contribution in [0.15, 0.2) is 29.7 Å². The number of nitrogens with zero attached hydrogens (tertiary/aromatic N) is 6. The van der Waals surface area contributed by atoms with Crippen LogP contribution in [0.3, 0.4) is 0 Å². The molecule has 2 saturated heterocycles. The zero-order chi connectivity index (χ0) is 22.3. The minimum Gasteiger partial charge on any atom is -0.493 e. The smallest absolute Gasteiger partial charge is 0.407 e. The SMILES string of the molecule is CC(C)(C)OC(=O)N[C@@H]1CCN(c2cnc3nnn(CC4C=C5CCOC5=CC4)c3n2)C1. The lowest BCUT2D eigenvalue weighted by Gasteiger charge is -2.22. The van der Waals surface area contributed by atoms with Crippen molar-refractivity contribution in [1.82, 2.24) is 30.3 Å². The van der Waals surface area contributed by atoms with Crippen molar-refractivity contribution >= 4 is 23.2 Å². The van der Waals surface area contributed by atoms with Crippen molar-refractivity contribution in [2.24, 2.45) is 5.92 Å². The van der Waals surface area contributed by atoms with Gasteiger partial charge in [0.05, 0.1) is 25.4 Å². The average Bonchev–Trinajstić information content (AvgIpc) is 3.46. The lowest BCUT2D eigenvalue weighted by molar-refractivity contribution is 0.0509. The predicted molar refractivity (Wildman–Crippen MR) is 118 cm³/mol. The second-order valence-corrected chi connectivity index (χ2v) is 9.58. The minimum absolute atomic E-state index is 0.00820. The van der Waals surface area contributed by atoms with Crippen molar-refractivity contribution in [2.45, 2.75) is 58.2 Å². The summed E-state index contributed by atoms with van der Waals surface area (Å²) in [5, 5.41) is 11.4. The van der Waals surface area contributed by atoms with Crippen LogP contribution < -0.4 is 10.2 Å². The third-order valence-electron chi connectivity index (χ3n) is 5.84. The molecule has 0 radical (unpaired) electrons. The van der Waals surface area contributed by atoms with Gasteiger partial charge in [0.2, 0.25) is 5.65 Å². The zero-order valence-electron chi connectivity index (χ0n) is 18.7. The Kier molecular flexibility index (Phi) is 5.22. The number of ether oxygens (including phenoxy) is 2. The van der Waals surface area contributed by atoms with E-state index in [2.05, 4.69) is 37.7 Å². The molecule has 5 rings (SSSR count). The first kappa shape index (κ1) is 20.7. The summed E-state index contributed by atoms with van der Waals surface area (Å²) in [5.41, 5.74) is 2.00. The fraction of sp³-hybridized carbons (Fsp3) is 0.591. The van der Waals surface area contributed by atoms with Crippen LogP contribution in [0, 0.1) is 5.92 Å². The molecule has 1 unspecified atom stereocenters. The number of fused-ring (bicyclic) bond motifs is 2. The Bertz CT molecular complexity index is 1080. The highest BCUT2D eigenvalue weighted by Gasteiger charge is 2.28. The Balaban J connectivity index is 1.26. The second-order valence-electron chi connectivity index (χ2n) is 9.58. The van der Waals surface area contributed by atoms with Crippen molar-refractivity contribution in [3.05, 3.63) is 29.7 Å². The molecule has 1 amide bonds. The van der Waals surface area contributed by atoms with E-state index in [4.69, 9.17) is 14.5 Å². The normalized spacial score (nSPS) is 22.9. The number of nitrogens with one attached hydrogen (secondary N) is 1. The van der Waals surface area contributed by atoms with Crippen molar-refractivity contribution < 1.29 is 14.3 Å². The number of alkyl carbamates (subject to hydrolysis) is 1. The van der Waals surface area contributed by atoms with Gasteiger partial charge in [-0.3, -0.25) is 0 Å². The number of amides is 1. The third-order valence-corrected chi connectivity index (χ3v) is 5.84. The molecule has 170 valence electrons. The Morgan fingerprint density at radius 2 is 2.25 bits per heavy atom. The number of hydrogen-bond acceptors (Lipinski definition) is 8. The van der Waals surface area contributed by atoms with E-state index in [1.54, 1.807) is 6.20 Å². The van der Waals surface area contributed by atoms with Crippen molar-refractivity contribution in [3.63, 3.8) is 0 Å². The van der Waals surface area contributed by atoms with Gasteiger partial charge in [-0.15, -0.1) is 5.10 Å². The minimum atomic E-state index is -0.513.